The molecular weight excluding hydrogens is 290 g/mol. The average Bonchev–Trinajstić information content (AvgIpc) is 2.46. The molecule has 0 N–H and O–H groups in total. The molecule has 0 aliphatic carbocycles. The molecule has 1 aliphatic rings. The molecule has 1 heterocycles. The Labute approximate surface area is 126 Å². The van der Waals surface area contributed by atoms with Gasteiger partial charge >= 0.3 is 0 Å². The van der Waals surface area contributed by atoms with E-state index in [0.717, 1.165) is 12.0 Å². The lowest BCUT2D eigenvalue weighted by molar-refractivity contribution is 0.136. The van der Waals surface area contributed by atoms with Gasteiger partial charge in [-0.25, -0.2) is 8.42 Å². The van der Waals surface area contributed by atoms with E-state index in [1.807, 2.05) is 12.1 Å². The maximum absolute atomic E-state index is 12.7. The van der Waals surface area contributed by atoms with Gasteiger partial charge in [0.15, 0.2) is 0 Å². The Kier molecular flexibility index (Phi) is 4.78. The van der Waals surface area contributed by atoms with Crippen molar-refractivity contribution in [2.45, 2.75) is 32.3 Å². The van der Waals surface area contributed by atoms with E-state index in [0.29, 0.717) is 23.9 Å². The van der Waals surface area contributed by atoms with E-state index >= 15 is 0 Å². The molecule has 0 bridgehead atoms. The molecule has 5 nitrogen and oxygen atoms in total. The number of fused-ring (bicyclic) bond motifs is 1. The number of para-hydroxylation sites is 1. The predicted molar refractivity (Wildman–Crippen MR) is 83.6 cm³/mol. The van der Waals surface area contributed by atoms with Crippen LogP contribution >= 0.6 is 0 Å². The molecule has 0 amide bonds. The van der Waals surface area contributed by atoms with E-state index in [4.69, 9.17) is 9.47 Å². The van der Waals surface area contributed by atoms with Crippen LogP contribution in [-0.4, -0.2) is 41.0 Å². The number of methoxy groups -OCH3 is 2. The van der Waals surface area contributed by atoms with E-state index < -0.39 is 10.0 Å². The van der Waals surface area contributed by atoms with Crippen molar-refractivity contribution in [3.05, 3.63) is 23.8 Å². The third-order valence-corrected chi connectivity index (χ3v) is 5.91. The lowest BCUT2D eigenvalue weighted by atomic mass is 9.92. The molecule has 6 heteroatoms. The Morgan fingerprint density at radius 2 is 2.10 bits per heavy atom. The lowest BCUT2D eigenvalue weighted by Gasteiger charge is -2.35. The van der Waals surface area contributed by atoms with Crippen molar-refractivity contribution < 1.29 is 17.9 Å². The molecule has 0 saturated heterocycles. The summed E-state index contributed by atoms with van der Waals surface area (Å²) in [6.45, 7) is 4.35. The van der Waals surface area contributed by atoms with Crippen LogP contribution in [0.25, 0.3) is 0 Å². The predicted octanol–water partition coefficient (Wildman–Crippen LogP) is 2.37. The number of sulfonamides is 1. The van der Waals surface area contributed by atoms with Gasteiger partial charge in [0.2, 0.25) is 10.0 Å². The maximum Gasteiger partial charge on any atom is 0.237 e. The minimum atomic E-state index is -3.44. The number of ether oxygens (including phenoxy) is 2. The minimum absolute atomic E-state index is 0.0324. The zero-order valence-electron chi connectivity index (χ0n) is 13.0. The molecule has 118 valence electrons. The van der Waals surface area contributed by atoms with E-state index in [-0.39, 0.29) is 11.9 Å². The number of anilines is 1. The van der Waals surface area contributed by atoms with E-state index in [1.165, 1.54) is 11.4 Å². The van der Waals surface area contributed by atoms with Crippen LogP contribution < -0.4 is 9.04 Å². The minimum Gasteiger partial charge on any atom is -0.495 e. The standard InChI is InChI=1S/C15H23NO4S/c1-11-8-9-16(21(17,18)10-12(2)19-3)15-13(11)6-5-7-14(15)20-4/h5-7,11-12H,8-10H2,1-4H3/t11-,12-/m0/s1. The number of hydrogen-bond donors (Lipinski definition) is 0. The first-order chi connectivity index (χ1) is 9.90. The summed E-state index contributed by atoms with van der Waals surface area (Å²) in [4.78, 5) is 0. The van der Waals surface area contributed by atoms with Crippen molar-refractivity contribution in [1.29, 1.82) is 0 Å². The third kappa shape index (κ3) is 3.16. The second kappa shape index (κ2) is 6.23. The van der Waals surface area contributed by atoms with Crippen molar-refractivity contribution >= 4 is 15.7 Å². The van der Waals surface area contributed by atoms with Crippen LogP contribution in [0.15, 0.2) is 18.2 Å². The summed E-state index contributed by atoms with van der Waals surface area (Å²) in [7, 11) is -0.348. The van der Waals surface area contributed by atoms with Crippen LogP contribution in [0.3, 0.4) is 0 Å². The van der Waals surface area contributed by atoms with Crippen LogP contribution in [0, 0.1) is 0 Å². The fourth-order valence-electron chi connectivity index (χ4n) is 2.68. The van der Waals surface area contributed by atoms with E-state index in [2.05, 4.69) is 6.92 Å². The van der Waals surface area contributed by atoms with Crippen molar-refractivity contribution in [2.24, 2.45) is 0 Å². The largest absolute Gasteiger partial charge is 0.495 e. The summed E-state index contributed by atoms with van der Waals surface area (Å²) < 4.78 is 37.3. The highest BCUT2D eigenvalue weighted by molar-refractivity contribution is 7.92. The quantitative estimate of drug-likeness (QED) is 0.837. The fraction of sp³-hybridized carbons (Fsp3) is 0.600. The Balaban J connectivity index is 2.47. The van der Waals surface area contributed by atoms with Gasteiger partial charge < -0.3 is 9.47 Å². The number of hydrogen-bond acceptors (Lipinski definition) is 4. The molecule has 21 heavy (non-hydrogen) atoms. The van der Waals surface area contributed by atoms with Gasteiger partial charge in [-0.3, -0.25) is 4.31 Å². The molecular formula is C15H23NO4S. The van der Waals surface area contributed by atoms with Gasteiger partial charge in [0.1, 0.15) is 5.75 Å². The smallest absolute Gasteiger partial charge is 0.237 e. The first-order valence-electron chi connectivity index (χ1n) is 7.10. The monoisotopic (exact) mass is 313 g/mol. The average molecular weight is 313 g/mol. The highest BCUT2D eigenvalue weighted by Crippen LogP contribution is 2.42. The van der Waals surface area contributed by atoms with Gasteiger partial charge in [-0.05, 0) is 30.9 Å². The van der Waals surface area contributed by atoms with Crippen molar-refractivity contribution in [3.63, 3.8) is 0 Å². The van der Waals surface area contributed by atoms with Gasteiger partial charge in [-0.1, -0.05) is 19.1 Å². The molecule has 0 radical (unpaired) electrons. The summed E-state index contributed by atoms with van der Waals surface area (Å²) in [6, 6.07) is 5.69. The molecule has 0 fully saturated rings. The van der Waals surface area contributed by atoms with Crippen LogP contribution in [-0.2, 0) is 14.8 Å². The zero-order chi connectivity index (χ0) is 15.6. The topological polar surface area (TPSA) is 55.8 Å². The summed E-state index contributed by atoms with van der Waals surface area (Å²) in [5, 5.41) is 0. The second-order valence-electron chi connectivity index (χ2n) is 5.48. The number of benzene rings is 1. The zero-order valence-corrected chi connectivity index (χ0v) is 13.8. The summed E-state index contributed by atoms with van der Waals surface area (Å²) in [5.74, 6) is 0.893. The Hall–Kier alpha value is -1.27. The van der Waals surface area contributed by atoms with Crippen LogP contribution in [0.4, 0.5) is 5.69 Å². The first-order valence-corrected chi connectivity index (χ1v) is 8.71. The Morgan fingerprint density at radius 1 is 1.38 bits per heavy atom. The van der Waals surface area contributed by atoms with E-state index in [1.54, 1.807) is 20.1 Å². The molecule has 1 aliphatic heterocycles. The SMILES string of the molecule is COc1cccc2c1N(S(=O)(=O)C[C@H](C)OC)CC[C@@H]2C. The van der Waals surface area contributed by atoms with E-state index in [9.17, 15) is 8.42 Å². The molecule has 0 unspecified atom stereocenters. The Morgan fingerprint density at radius 3 is 2.71 bits per heavy atom. The van der Waals surface area contributed by atoms with Crippen LogP contribution in [0.1, 0.15) is 31.7 Å². The lowest BCUT2D eigenvalue weighted by Crippen LogP contribution is -2.40. The van der Waals surface area contributed by atoms with Gasteiger partial charge in [0.05, 0.1) is 24.7 Å². The van der Waals surface area contributed by atoms with Crippen LogP contribution in [0.5, 0.6) is 5.75 Å². The molecule has 1 aromatic rings. The molecule has 2 atom stereocenters. The number of rotatable bonds is 5. The number of nitrogens with zero attached hydrogens (tertiary/aromatic N) is 1. The molecule has 2 rings (SSSR count). The summed E-state index contributed by atoms with van der Waals surface area (Å²) >= 11 is 0. The highest BCUT2D eigenvalue weighted by Gasteiger charge is 2.33. The summed E-state index contributed by atoms with van der Waals surface area (Å²) in [6.07, 6.45) is 0.466. The fourth-order valence-corrected chi connectivity index (χ4v) is 4.45. The van der Waals surface area contributed by atoms with Crippen molar-refractivity contribution in [2.75, 3.05) is 30.8 Å². The van der Waals surface area contributed by atoms with Crippen molar-refractivity contribution in [3.8, 4) is 5.75 Å². The van der Waals surface area contributed by atoms with Crippen LogP contribution in [0.2, 0.25) is 0 Å². The second-order valence-corrected chi connectivity index (χ2v) is 7.42. The molecule has 0 saturated carbocycles. The van der Waals surface area contributed by atoms with Gasteiger partial charge in [-0.15, -0.1) is 0 Å². The van der Waals surface area contributed by atoms with Gasteiger partial charge in [0, 0.05) is 13.7 Å². The summed E-state index contributed by atoms with van der Waals surface area (Å²) in [5.41, 5.74) is 1.70. The van der Waals surface area contributed by atoms with Gasteiger partial charge in [0.25, 0.3) is 0 Å². The normalized spacial score (nSPS) is 20.0. The molecule has 0 spiro atoms. The maximum atomic E-state index is 12.7. The first kappa shape index (κ1) is 16.1. The third-order valence-electron chi connectivity index (χ3n) is 3.98. The molecule has 0 aromatic heterocycles. The highest BCUT2D eigenvalue weighted by atomic mass is 32.2. The molecule has 1 aromatic carbocycles. The van der Waals surface area contributed by atoms with Crippen molar-refractivity contribution in [1.82, 2.24) is 0 Å². The Bertz CT molecular complexity index is 600. The van der Waals surface area contributed by atoms with Gasteiger partial charge in [-0.2, -0.15) is 0 Å².